The van der Waals surface area contributed by atoms with Crippen LogP contribution in [0.2, 0.25) is 0 Å². The molecule has 0 radical (unpaired) electrons. The second-order valence-corrected chi connectivity index (χ2v) is 6.97. The van der Waals surface area contributed by atoms with Gasteiger partial charge in [-0.3, -0.25) is 9.79 Å². The maximum absolute atomic E-state index is 12.0. The molecule has 1 aromatic carbocycles. The van der Waals surface area contributed by atoms with E-state index in [1.54, 1.807) is 30.5 Å². The number of rotatable bonds is 7. The van der Waals surface area contributed by atoms with E-state index >= 15 is 0 Å². The third-order valence-electron chi connectivity index (χ3n) is 3.28. The molecule has 136 valence electrons. The number of guanidine groups is 1. The first-order chi connectivity index (χ1) is 11.7. The number of nitrogens with one attached hydrogen (secondary N) is 3. The van der Waals surface area contributed by atoms with Crippen LogP contribution in [0.1, 0.15) is 15.2 Å². The summed E-state index contributed by atoms with van der Waals surface area (Å²) in [5.74, 6) is 0.661. The third kappa shape index (κ3) is 8.19. The van der Waals surface area contributed by atoms with Crippen molar-refractivity contribution in [3.8, 4) is 0 Å². The van der Waals surface area contributed by atoms with Crippen molar-refractivity contribution >= 4 is 63.1 Å². The van der Waals surface area contributed by atoms with Crippen LogP contribution in [0.25, 0.3) is 0 Å². The lowest BCUT2D eigenvalue weighted by Crippen LogP contribution is -2.42. The molecule has 0 unspecified atom stereocenters. The van der Waals surface area contributed by atoms with E-state index in [1.807, 2.05) is 12.1 Å². The van der Waals surface area contributed by atoms with Crippen molar-refractivity contribution in [2.75, 3.05) is 26.7 Å². The molecule has 5 nitrogen and oxygen atoms in total. The van der Waals surface area contributed by atoms with Crippen LogP contribution in [0.15, 0.2) is 51.2 Å². The van der Waals surface area contributed by atoms with Crippen LogP contribution >= 0.6 is 51.2 Å². The highest BCUT2D eigenvalue weighted by Gasteiger charge is 2.04. The Kier molecular flexibility index (Phi) is 10.7. The van der Waals surface area contributed by atoms with Gasteiger partial charge in [0.1, 0.15) is 0 Å². The van der Waals surface area contributed by atoms with E-state index in [1.165, 1.54) is 4.88 Å². The number of hydrogen-bond donors (Lipinski definition) is 3. The summed E-state index contributed by atoms with van der Waals surface area (Å²) in [6.07, 6.45) is 0.971. The Hall–Kier alpha value is -1.13. The van der Waals surface area contributed by atoms with Crippen LogP contribution in [0.4, 0.5) is 0 Å². The van der Waals surface area contributed by atoms with Gasteiger partial charge in [0.2, 0.25) is 0 Å². The first kappa shape index (κ1) is 21.9. The van der Waals surface area contributed by atoms with Gasteiger partial charge < -0.3 is 16.0 Å². The Morgan fingerprint density at radius 3 is 2.40 bits per heavy atom. The van der Waals surface area contributed by atoms with Crippen molar-refractivity contribution in [3.05, 3.63) is 56.7 Å². The van der Waals surface area contributed by atoms with Crippen LogP contribution in [-0.2, 0) is 6.42 Å². The monoisotopic (exact) mass is 536 g/mol. The fourth-order valence-electron chi connectivity index (χ4n) is 2.04. The smallest absolute Gasteiger partial charge is 0.251 e. The lowest BCUT2D eigenvalue weighted by atomic mass is 10.2. The number of carbonyl (C=O) groups is 1. The molecule has 25 heavy (non-hydrogen) atoms. The fraction of sp³-hybridized carbons (Fsp3) is 0.294. The van der Waals surface area contributed by atoms with Crippen LogP contribution in [0.3, 0.4) is 0 Å². The molecule has 0 spiro atoms. The fourth-order valence-corrected chi connectivity index (χ4v) is 3.01. The molecular weight excluding hydrogens is 515 g/mol. The molecule has 1 heterocycles. The van der Waals surface area contributed by atoms with Crippen LogP contribution in [0, 0.1) is 0 Å². The molecule has 0 bridgehead atoms. The summed E-state index contributed by atoms with van der Waals surface area (Å²) in [5, 5.41) is 11.4. The molecule has 0 atom stereocenters. The van der Waals surface area contributed by atoms with E-state index in [-0.39, 0.29) is 29.9 Å². The van der Waals surface area contributed by atoms with Crippen molar-refractivity contribution in [2.45, 2.75) is 6.42 Å². The van der Waals surface area contributed by atoms with Gasteiger partial charge in [-0.1, -0.05) is 22.0 Å². The zero-order chi connectivity index (χ0) is 17.2. The molecule has 2 rings (SSSR count). The van der Waals surface area contributed by atoms with E-state index in [2.05, 4.69) is 54.4 Å². The summed E-state index contributed by atoms with van der Waals surface area (Å²) in [6, 6.07) is 11.5. The number of hydrogen-bond acceptors (Lipinski definition) is 3. The largest absolute Gasteiger partial charge is 0.356 e. The molecule has 1 amide bonds. The number of thiophene rings is 1. The quantitative estimate of drug-likeness (QED) is 0.220. The molecule has 0 saturated carbocycles. The molecular formula is C17H22BrIN4OS. The first-order valence-electron chi connectivity index (χ1n) is 7.69. The zero-order valence-corrected chi connectivity index (χ0v) is 18.7. The predicted octanol–water partition coefficient (Wildman–Crippen LogP) is 3.27. The third-order valence-corrected chi connectivity index (χ3v) is 4.74. The number of benzene rings is 1. The van der Waals surface area contributed by atoms with E-state index in [0.29, 0.717) is 18.7 Å². The molecule has 0 saturated heterocycles. The summed E-state index contributed by atoms with van der Waals surface area (Å²) in [7, 11) is 1.74. The Morgan fingerprint density at radius 2 is 1.76 bits per heavy atom. The average molecular weight is 537 g/mol. The van der Waals surface area contributed by atoms with E-state index in [4.69, 9.17) is 0 Å². The summed E-state index contributed by atoms with van der Waals surface area (Å²) < 4.78 is 0.957. The predicted molar refractivity (Wildman–Crippen MR) is 119 cm³/mol. The second-order valence-electron chi connectivity index (χ2n) is 5.02. The number of amides is 1. The van der Waals surface area contributed by atoms with Gasteiger partial charge in [-0.15, -0.1) is 35.3 Å². The lowest BCUT2D eigenvalue weighted by Gasteiger charge is -2.12. The summed E-state index contributed by atoms with van der Waals surface area (Å²) in [5.41, 5.74) is 0.650. The maximum Gasteiger partial charge on any atom is 0.251 e. The minimum atomic E-state index is -0.0788. The zero-order valence-electron chi connectivity index (χ0n) is 13.9. The van der Waals surface area contributed by atoms with Crippen LogP contribution in [-0.4, -0.2) is 38.5 Å². The Labute approximate surface area is 177 Å². The normalized spacial score (nSPS) is 10.7. The van der Waals surface area contributed by atoms with E-state index < -0.39 is 0 Å². The van der Waals surface area contributed by atoms with Gasteiger partial charge in [0.15, 0.2) is 5.96 Å². The number of halogens is 2. The van der Waals surface area contributed by atoms with Crippen molar-refractivity contribution < 1.29 is 4.79 Å². The summed E-state index contributed by atoms with van der Waals surface area (Å²) >= 11 is 5.11. The highest BCUT2D eigenvalue weighted by molar-refractivity contribution is 14.0. The second kappa shape index (κ2) is 12.3. The molecule has 0 fully saturated rings. The molecule has 8 heteroatoms. The van der Waals surface area contributed by atoms with Gasteiger partial charge in [0, 0.05) is 41.6 Å². The Bertz CT molecular complexity index is 662. The number of carbonyl (C=O) groups excluding carboxylic acids is 1. The average Bonchev–Trinajstić information content (AvgIpc) is 3.10. The molecule has 0 aliphatic heterocycles. The minimum Gasteiger partial charge on any atom is -0.356 e. The van der Waals surface area contributed by atoms with E-state index in [9.17, 15) is 4.79 Å². The van der Waals surface area contributed by atoms with Crippen molar-refractivity contribution in [1.29, 1.82) is 0 Å². The van der Waals surface area contributed by atoms with E-state index in [0.717, 1.165) is 23.4 Å². The molecule has 0 aliphatic rings. The lowest BCUT2D eigenvalue weighted by molar-refractivity contribution is 0.0954. The van der Waals surface area contributed by atoms with Crippen LogP contribution < -0.4 is 16.0 Å². The molecule has 3 N–H and O–H groups in total. The Balaban J connectivity index is 0.00000312. The SMILES string of the molecule is CN=C(NCCNC(=O)c1ccc(Br)cc1)NCCc1cccs1.I. The highest BCUT2D eigenvalue weighted by atomic mass is 127. The first-order valence-corrected chi connectivity index (χ1v) is 9.37. The van der Waals surface area contributed by atoms with Gasteiger partial charge in [0.25, 0.3) is 5.91 Å². The van der Waals surface area contributed by atoms with Crippen LogP contribution in [0.5, 0.6) is 0 Å². The molecule has 1 aromatic heterocycles. The van der Waals surface area contributed by atoms with Crippen molar-refractivity contribution in [1.82, 2.24) is 16.0 Å². The van der Waals surface area contributed by atoms with Gasteiger partial charge in [-0.2, -0.15) is 0 Å². The summed E-state index contributed by atoms with van der Waals surface area (Å²) in [6.45, 7) is 1.97. The maximum atomic E-state index is 12.0. The van der Waals surface area contributed by atoms with Crippen molar-refractivity contribution in [3.63, 3.8) is 0 Å². The molecule has 2 aromatic rings. The Morgan fingerprint density at radius 1 is 1.08 bits per heavy atom. The number of aliphatic imine (C=N–C) groups is 1. The standard InChI is InChI=1S/C17H21BrN4OS.HI/c1-19-17(21-9-8-15-3-2-12-24-15)22-11-10-20-16(23)13-4-6-14(18)7-5-13;/h2-7,12H,8-11H2,1H3,(H,20,23)(H2,19,21,22);1H. The van der Waals surface area contributed by atoms with Crippen molar-refractivity contribution in [2.24, 2.45) is 4.99 Å². The van der Waals surface area contributed by atoms with Gasteiger partial charge in [-0.05, 0) is 42.1 Å². The summed E-state index contributed by atoms with van der Waals surface area (Å²) in [4.78, 5) is 17.5. The van der Waals surface area contributed by atoms with Gasteiger partial charge in [0.05, 0.1) is 0 Å². The van der Waals surface area contributed by atoms with Gasteiger partial charge >= 0.3 is 0 Å². The topological polar surface area (TPSA) is 65.5 Å². The highest BCUT2D eigenvalue weighted by Crippen LogP contribution is 2.10. The van der Waals surface area contributed by atoms with Gasteiger partial charge in [-0.25, -0.2) is 0 Å². The minimum absolute atomic E-state index is 0. The number of nitrogens with zero attached hydrogens (tertiary/aromatic N) is 1. The molecule has 0 aliphatic carbocycles.